The van der Waals surface area contributed by atoms with Gasteiger partial charge in [-0.1, -0.05) is 153 Å². The minimum atomic E-state index is 0.989. The van der Waals surface area contributed by atoms with Crippen LogP contribution in [0, 0.1) is 0 Å². The molecule has 2 nitrogen and oxygen atoms in total. The van der Waals surface area contributed by atoms with Crippen LogP contribution in [0.4, 0.5) is 0 Å². The maximum absolute atomic E-state index is 12.4. The van der Waals surface area contributed by atoms with Crippen LogP contribution in [0.15, 0.2) is 145 Å². The first-order chi connectivity index (χ1) is 30.1. The Balaban J connectivity index is 0.000000530. The molecule has 0 saturated heterocycles. The normalized spacial score (nSPS) is 13.0. The molecule has 3 heteroatoms. The third-order valence-corrected chi connectivity index (χ3v) is 12.7. The van der Waals surface area contributed by atoms with Gasteiger partial charge in [-0.2, -0.15) is 0 Å². The SMILES string of the molecule is CCCCCCC=CCCc1ccccc1C1=C(CCCC)C(CCCCCC)=C(c2ccccc2CCC=CCCCCCC)[N+]1=[N-].c1cc[c]([Ni][c]2ccccc2)cc1. The van der Waals surface area contributed by atoms with Crippen LogP contribution in [0.2, 0.25) is 0 Å². The summed E-state index contributed by atoms with van der Waals surface area (Å²) in [5, 5.41) is 0. The van der Waals surface area contributed by atoms with E-state index in [9.17, 15) is 5.53 Å². The van der Waals surface area contributed by atoms with E-state index in [0.29, 0.717) is 0 Å². The predicted octanol–water partition coefficient (Wildman–Crippen LogP) is 16.7. The summed E-state index contributed by atoms with van der Waals surface area (Å²) < 4.78 is 4.23. The predicted molar refractivity (Wildman–Crippen MR) is 263 cm³/mol. The van der Waals surface area contributed by atoms with Gasteiger partial charge in [-0.3, -0.25) is 0 Å². The monoisotopic (exact) mass is 861 g/mol. The van der Waals surface area contributed by atoms with Gasteiger partial charge in [-0.15, -0.1) is 0 Å². The maximum atomic E-state index is 12.4. The van der Waals surface area contributed by atoms with Crippen molar-refractivity contribution in [2.45, 2.75) is 169 Å². The van der Waals surface area contributed by atoms with Crippen LogP contribution in [-0.4, -0.2) is 4.70 Å². The molecule has 0 atom stereocenters. The van der Waals surface area contributed by atoms with Crippen molar-refractivity contribution in [3.8, 4) is 0 Å². The van der Waals surface area contributed by atoms with Gasteiger partial charge in [0.2, 0.25) is 11.4 Å². The standard InChI is InChI=1S/C46H68N2.2C6H5.Ni/c1-5-9-13-16-18-20-22-24-31-39-33-27-29-36-41(39)45-43(35-12-8-4)44(38-26-15-11-7-3)46(48(45)47)42-37-30-28-34-40(42)32-25-23-21-19-17-14-10-6-2;2*1-2-4-6-5-3-1;/h20-23,27-30,33-34,36-37H,5-19,24-26,31-32,35,38H2,1-4H3;2*1-5H;. The number of unbranched alkanes of at least 4 members (excludes halogenated alkanes) is 12. The van der Waals surface area contributed by atoms with Gasteiger partial charge in [-0.05, 0) is 100 Å². The van der Waals surface area contributed by atoms with E-state index in [-0.39, 0.29) is 0 Å². The summed E-state index contributed by atoms with van der Waals surface area (Å²) in [6.07, 6.45) is 35.6. The van der Waals surface area contributed by atoms with Crippen molar-refractivity contribution in [3.63, 3.8) is 0 Å². The van der Waals surface area contributed by atoms with E-state index in [1.165, 1.54) is 126 Å². The molecule has 1 heterocycles. The van der Waals surface area contributed by atoms with E-state index in [1.54, 1.807) is 19.1 Å². The molecule has 330 valence electrons. The molecule has 0 bridgehead atoms. The quantitative estimate of drug-likeness (QED) is 0.0235. The Hall–Kier alpha value is -4.07. The van der Waals surface area contributed by atoms with Crippen LogP contribution in [-0.2, 0) is 27.3 Å². The van der Waals surface area contributed by atoms with Crippen molar-refractivity contribution in [1.29, 1.82) is 0 Å². The van der Waals surface area contributed by atoms with E-state index in [1.807, 2.05) is 12.1 Å². The van der Waals surface area contributed by atoms with E-state index in [4.69, 9.17) is 0 Å². The molecule has 0 aliphatic carbocycles. The Morgan fingerprint density at radius 1 is 0.393 bits per heavy atom. The van der Waals surface area contributed by atoms with Gasteiger partial charge in [0.25, 0.3) is 0 Å². The Kier molecular flexibility index (Phi) is 25.1. The molecule has 0 saturated carbocycles. The van der Waals surface area contributed by atoms with Crippen molar-refractivity contribution in [3.05, 3.63) is 172 Å². The van der Waals surface area contributed by atoms with Crippen LogP contribution in [0.1, 0.15) is 178 Å². The van der Waals surface area contributed by atoms with Crippen LogP contribution in [0.25, 0.3) is 16.9 Å². The van der Waals surface area contributed by atoms with Crippen molar-refractivity contribution in [2.75, 3.05) is 0 Å². The van der Waals surface area contributed by atoms with Crippen molar-refractivity contribution >= 4 is 20.5 Å². The number of aryl methyl sites for hydroxylation is 2. The van der Waals surface area contributed by atoms with Crippen LogP contribution < -0.4 is 9.07 Å². The first-order valence-electron chi connectivity index (χ1n) is 24.2. The average Bonchev–Trinajstić information content (AvgIpc) is 3.56. The third kappa shape index (κ3) is 17.7. The zero-order chi connectivity index (χ0) is 43.2. The van der Waals surface area contributed by atoms with E-state index >= 15 is 0 Å². The summed E-state index contributed by atoms with van der Waals surface area (Å²) in [4.78, 5) is 0. The number of benzene rings is 4. The van der Waals surface area contributed by atoms with Crippen LogP contribution in [0.3, 0.4) is 0 Å². The molecule has 0 amide bonds. The number of allylic oxidation sites excluding steroid dienone is 6. The van der Waals surface area contributed by atoms with Gasteiger partial charge in [0, 0.05) is 22.3 Å². The van der Waals surface area contributed by atoms with E-state index < -0.39 is 0 Å². The van der Waals surface area contributed by atoms with Crippen molar-refractivity contribution in [2.24, 2.45) is 0 Å². The van der Waals surface area contributed by atoms with Crippen molar-refractivity contribution in [1.82, 2.24) is 0 Å². The summed E-state index contributed by atoms with van der Waals surface area (Å²) in [5.74, 6) is 0. The fourth-order valence-electron chi connectivity index (χ4n) is 8.11. The Morgan fingerprint density at radius 2 is 0.770 bits per heavy atom. The zero-order valence-electron chi connectivity index (χ0n) is 38.5. The molecular formula is C58H78N2Ni. The summed E-state index contributed by atoms with van der Waals surface area (Å²) in [7, 11) is 0. The summed E-state index contributed by atoms with van der Waals surface area (Å²) in [5.41, 5.74) is 22.2. The summed E-state index contributed by atoms with van der Waals surface area (Å²) >= 11 is 1.60. The second kappa shape index (κ2) is 30.9. The van der Waals surface area contributed by atoms with Gasteiger partial charge in [-0.25, -0.2) is 4.70 Å². The first-order valence-corrected chi connectivity index (χ1v) is 25.2. The average molecular weight is 862 g/mol. The Morgan fingerprint density at radius 3 is 1.21 bits per heavy atom. The van der Waals surface area contributed by atoms with Gasteiger partial charge in [0.05, 0.1) is 0 Å². The fraction of sp³-hybridized carbons (Fsp3) is 0.448. The molecule has 0 radical (unpaired) electrons. The molecular weight excluding hydrogens is 783 g/mol. The zero-order valence-corrected chi connectivity index (χ0v) is 39.5. The van der Waals surface area contributed by atoms with Crippen LogP contribution in [0.5, 0.6) is 0 Å². The number of hydrogen-bond acceptors (Lipinski definition) is 0. The number of rotatable bonds is 28. The minimum absolute atomic E-state index is 0.989. The Labute approximate surface area is 379 Å². The molecule has 5 rings (SSSR count). The second-order valence-electron chi connectivity index (χ2n) is 16.5. The molecule has 0 aromatic heterocycles. The molecule has 0 spiro atoms. The van der Waals surface area contributed by atoms with Gasteiger partial charge in [0.15, 0.2) is 0 Å². The molecule has 0 N–H and O–H groups in total. The van der Waals surface area contributed by atoms with Crippen LogP contribution >= 0.6 is 0 Å². The number of hydrogen-bond donors (Lipinski definition) is 0. The van der Waals surface area contributed by atoms with E-state index in [2.05, 4.69) is 149 Å². The van der Waals surface area contributed by atoms with E-state index in [0.717, 1.165) is 69.2 Å². The first kappa shape index (κ1) is 49.6. The molecule has 0 unspecified atom stereocenters. The summed E-state index contributed by atoms with van der Waals surface area (Å²) in [6, 6.07) is 38.6. The number of nitrogens with zero attached hydrogens (tertiary/aromatic N) is 2. The van der Waals surface area contributed by atoms with Gasteiger partial charge in [0.1, 0.15) is 0 Å². The Bertz CT molecular complexity index is 1900. The van der Waals surface area contributed by atoms with Crippen molar-refractivity contribution < 1.29 is 19.1 Å². The molecule has 4 aromatic carbocycles. The van der Waals surface area contributed by atoms with Gasteiger partial charge >= 0.3 is 84.2 Å². The third-order valence-electron chi connectivity index (χ3n) is 11.5. The van der Waals surface area contributed by atoms with Gasteiger partial charge < -0.3 is 5.53 Å². The molecule has 61 heavy (non-hydrogen) atoms. The molecule has 1 aliphatic rings. The topological polar surface area (TPSA) is 25.3 Å². The second-order valence-corrected chi connectivity index (χ2v) is 17.9. The molecule has 1 aliphatic heterocycles. The molecule has 0 fully saturated rings. The fourth-order valence-corrected chi connectivity index (χ4v) is 9.15. The molecule has 4 aromatic rings. The summed E-state index contributed by atoms with van der Waals surface area (Å²) in [6.45, 7) is 9.12.